The van der Waals surface area contributed by atoms with Crippen molar-refractivity contribution in [3.63, 3.8) is 0 Å². The highest BCUT2D eigenvalue weighted by atomic mass is 15.3. The van der Waals surface area contributed by atoms with E-state index in [0.29, 0.717) is 5.95 Å². The zero-order valence-electron chi connectivity index (χ0n) is 26.5. The quantitative estimate of drug-likeness (QED) is 0.178. The molecule has 0 aliphatic heterocycles. The van der Waals surface area contributed by atoms with Crippen molar-refractivity contribution < 1.29 is 0 Å². The van der Waals surface area contributed by atoms with E-state index in [9.17, 15) is 0 Å². The Bertz CT molecular complexity index is 1800. The number of aromatic nitrogens is 2. The number of anilines is 3. The first kappa shape index (κ1) is 29.1. The number of para-hydroxylation sites is 1. The predicted molar refractivity (Wildman–Crippen MR) is 184 cm³/mol. The maximum Gasteiger partial charge on any atom is 0.234 e. The van der Waals surface area contributed by atoms with Gasteiger partial charge in [0.05, 0.1) is 5.69 Å². The van der Waals surface area contributed by atoms with Crippen LogP contribution >= 0.6 is 0 Å². The topological polar surface area (TPSA) is 29.0 Å². The van der Waals surface area contributed by atoms with Gasteiger partial charge in [0.25, 0.3) is 0 Å². The summed E-state index contributed by atoms with van der Waals surface area (Å²) in [6.07, 6.45) is 3.60. The molecule has 0 atom stereocenters. The summed E-state index contributed by atoms with van der Waals surface area (Å²) in [6.45, 7) is 13.4. The highest BCUT2D eigenvalue weighted by Gasteiger charge is 2.25. The molecule has 0 aliphatic rings. The summed E-state index contributed by atoms with van der Waals surface area (Å²) in [5.74, 6) is 0.749. The minimum absolute atomic E-state index is 0.114. The standard InChI is InChI=1S/C41H39N3/c1-27-23-29(3)38(30(4)24-27)40(39-31(5)25-28(2)26-32(39)6)34-17-19-35(20-18-34)44(41-42-21-12-22-43-41)37-16-11-10-15-36(37)33-13-8-7-9-14-33/h7-26,40H,1-6H3. The fourth-order valence-corrected chi connectivity index (χ4v) is 6.89. The van der Waals surface area contributed by atoms with Crippen molar-refractivity contribution in [2.75, 3.05) is 4.90 Å². The summed E-state index contributed by atoms with van der Waals surface area (Å²) >= 11 is 0. The van der Waals surface area contributed by atoms with Crippen molar-refractivity contribution in [3.05, 3.63) is 172 Å². The summed E-state index contributed by atoms with van der Waals surface area (Å²) in [6, 6.07) is 39.1. The lowest BCUT2D eigenvalue weighted by Crippen LogP contribution is -2.15. The normalized spacial score (nSPS) is 11.2. The molecular formula is C41H39N3. The van der Waals surface area contributed by atoms with Crippen LogP contribution in [-0.2, 0) is 0 Å². The van der Waals surface area contributed by atoms with E-state index in [2.05, 4.69) is 144 Å². The molecule has 0 unspecified atom stereocenters. The summed E-state index contributed by atoms with van der Waals surface area (Å²) in [7, 11) is 0. The molecule has 1 heterocycles. The van der Waals surface area contributed by atoms with Crippen molar-refractivity contribution in [1.29, 1.82) is 0 Å². The van der Waals surface area contributed by atoms with Crippen LogP contribution in [0.15, 0.2) is 122 Å². The molecule has 0 aliphatic carbocycles. The Hall–Kier alpha value is -5.02. The molecule has 0 bridgehead atoms. The van der Waals surface area contributed by atoms with Gasteiger partial charge in [-0.1, -0.05) is 96.1 Å². The van der Waals surface area contributed by atoms with Gasteiger partial charge in [-0.05, 0) is 110 Å². The van der Waals surface area contributed by atoms with Gasteiger partial charge >= 0.3 is 0 Å². The van der Waals surface area contributed by atoms with E-state index >= 15 is 0 Å². The summed E-state index contributed by atoms with van der Waals surface area (Å²) in [4.78, 5) is 11.6. The molecule has 3 nitrogen and oxygen atoms in total. The van der Waals surface area contributed by atoms with E-state index in [1.807, 2.05) is 12.1 Å². The van der Waals surface area contributed by atoms with E-state index in [-0.39, 0.29) is 5.92 Å². The third kappa shape index (κ3) is 5.66. The molecule has 6 aromatic rings. The van der Waals surface area contributed by atoms with Crippen molar-refractivity contribution in [2.45, 2.75) is 47.5 Å². The van der Waals surface area contributed by atoms with Crippen molar-refractivity contribution >= 4 is 17.3 Å². The molecular weight excluding hydrogens is 534 g/mol. The molecule has 1 aromatic heterocycles. The SMILES string of the molecule is Cc1cc(C)c(C(c2ccc(N(c3ncccn3)c3ccccc3-c3ccccc3)cc2)c2c(C)cc(C)cc2C)c(C)c1. The molecule has 0 N–H and O–H groups in total. The summed E-state index contributed by atoms with van der Waals surface area (Å²) < 4.78 is 0. The van der Waals surface area contributed by atoms with Gasteiger partial charge in [0.15, 0.2) is 0 Å². The van der Waals surface area contributed by atoms with E-state index < -0.39 is 0 Å². The van der Waals surface area contributed by atoms with Crippen LogP contribution in [0.3, 0.4) is 0 Å². The van der Waals surface area contributed by atoms with E-state index in [0.717, 1.165) is 22.5 Å². The highest BCUT2D eigenvalue weighted by Crippen LogP contribution is 2.43. The second kappa shape index (κ2) is 12.3. The molecule has 6 rings (SSSR count). The number of hydrogen-bond donors (Lipinski definition) is 0. The van der Waals surface area contributed by atoms with Crippen LogP contribution in [0, 0.1) is 41.5 Å². The number of hydrogen-bond acceptors (Lipinski definition) is 3. The highest BCUT2D eigenvalue weighted by molar-refractivity contribution is 5.86. The van der Waals surface area contributed by atoms with E-state index in [1.165, 1.54) is 50.1 Å². The molecule has 5 aromatic carbocycles. The maximum atomic E-state index is 4.70. The smallest absolute Gasteiger partial charge is 0.234 e. The number of nitrogens with zero attached hydrogens (tertiary/aromatic N) is 3. The molecule has 0 saturated heterocycles. The van der Waals surface area contributed by atoms with Gasteiger partial charge in [-0.25, -0.2) is 9.97 Å². The van der Waals surface area contributed by atoms with Crippen molar-refractivity contribution in [3.8, 4) is 11.1 Å². The average Bonchev–Trinajstić information content (AvgIpc) is 3.01. The average molecular weight is 574 g/mol. The third-order valence-electron chi connectivity index (χ3n) is 8.52. The monoisotopic (exact) mass is 573 g/mol. The zero-order chi connectivity index (χ0) is 30.8. The fraction of sp³-hybridized carbons (Fsp3) is 0.171. The Labute approximate surface area is 261 Å². The number of aryl methyl sites for hydroxylation is 6. The van der Waals surface area contributed by atoms with Gasteiger partial charge in [-0.2, -0.15) is 0 Å². The van der Waals surface area contributed by atoms with Crippen LogP contribution < -0.4 is 4.90 Å². The molecule has 0 fully saturated rings. The Morgan fingerprint density at radius 3 is 1.57 bits per heavy atom. The van der Waals surface area contributed by atoms with Crippen LogP contribution in [0.4, 0.5) is 17.3 Å². The number of benzene rings is 5. The first-order valence-corrected chi connectivity index (χ1v) is 15.3. The number of rotatable bonds is 7. The van der Waals surface area contributed by atoms with E-state index in [4.69, 9.17) is 9.97 Å². The van der Waals surface area contributed by atoms with E-state index in [1.54, 1.807) is 12.4 Å². The van der Waals surface area contributed by atoms with Crippen LogP contribution in [0.5, 0.6) is 0 Å². The second-order valence-corrected chi connectivity index (χ2v) is 11.9. The summed E-state index contributed by atoms with van der Waals surface area (Å²) in [5.41, 5.74) is 16.3. The van der Waals surface area contributed by atoms with Gasteiger partial charge in [-0.3, -0.25) is 4.90 Å². The lowest BCUT2D eigenvalue weighted by atomic mass is 9.77. The van der Waals surface area contributed by atoms with Gasteiger partial charge in [0.1, 0.15) is 0 Å². The van der Waals surface area contributed by atoms with Crippen LogP contribution in [0.1, 0.15) is 56.0 Å². The fourth-order valence-electron chi connectivity index (χ4n) is 6.89. The van der Waals surface area contributed by atoms with Gasteiger partial charge in [-0.15, -0.1) is 0 Å². The molecule has 0 spiro atoms. The Morgan fingerprint density at radius 1 is 0.523 bits per heavy atom. The van der Waals surface area contributed by atoms with Gasteiger partial charge in [0, 0.05) is 29.6 Å². The Kier molecular flexibility index (Phi) is 8.13. The maximum absolute atomic E-state index is 4.70. The molecule has 0 radical (unpaired) electrons. The first-order chi connectivity index (χ1) is 21.3. The molecule has 0 amide bonds. The van der Waals surface area contributed by atoms with Gasteiger partial charge in [0.2, 0.25) is 5.95 Å². The first-order valence-electron chi connectivity index (χ1n) is 15.3. The minimum Gasteiger partial charge on any atom is -0.279 e. The van der Waals surface area contributed by atoms with Crippen molar-refractivity contribution in [2.24, 2.45) is 0 Å². The molecule has 3 heteroatoms. The second-order valence-electron chi connectivity index (χ2n) is 11.9. The molecule has 218 valence electrons. The largest absolute Gasteiger partial charge is 0.279 e. The third-order valence-corrected chi connectivity index (χ3v) is 8.52. The van der Waals surface area contributed by atoms with Crippen LogP contribution in [-0.4, -0.2) is 9.97 Å². The Morgan fingerprint density at radius 2 is 1.02 bits per heavy atom. The predicted octanol–water partition coefficient (Wildman–Crippen LogP) is 10.6. The van der Waals surface area contributed by atoms with Crippen LogP contribution in [0.25, 0.3) is 11.1 Å². The van der Waals surface area contributed by atoms with Crippen LogP contribution in [0.2, 0.25) is 0 Å². The molecule has 0 saturated carbocycles. The zero-order valence-corrected chi connectivity index (χ0v) is 26.5. The summed E-state index contributed by atoms with van der Waals surface area (Å²) in [5, 5.41) is 0. The molecule has 44 heavy (non-hydrogen) atoms. The lowest BCUT2D eigenvalue weighted by Gasteiger charge is -2.28. The van der Waals surface area contributed by atoms with Crippen molar-refractivity contribution in [1.82, 2.24) is 9.97 Å². The Balaban J connectivity index is 1.53. The van der Waals surface area contributed by atoms with Gasteiger partial charge < -0.3 is 0 Å². The lowest BCUT2D eigenvalue weighted by molar-refractivity contribution is 0.919. The minimum atomic E-state index is 0.114.